The number of hydrogen-bond donors (Lipinski definition) is 1. The molecule has 1 heterocycles. The second kappa shape index (κ2) is 6.56. The van der Waals surface area contributed by atoms with Gasteiger partial charge in [0, 0.05) is 12.2 Å². The first-order valence-corrected chi connectivity index (χ1v) is 7.49. The number of benzene rings is 1. The Morgan fingerprint density at radius 1 is 1.25 bits per heavy atom. The van der Waals surface area contributed by atoms with Gasteiger partial charge in [-0.15, -0.1) is 10.2 Å². The van der Waals surface area contributed by atoms with E-state index in [2.05, 4.69) is 15.5 Å². The Morgan fingerprint density at radius 2 is 1.95 bits per heavy atom. The number of nitrogens with zero attached hydrogens (tertiary/aromatic N) is 3. The van der Waals surface area contributed by atoms with Gasteiger partial charge in [0.05, 0.1) is 5.75 Å². The molecule has 0 unspecified atom stereocenters. The summed E-state index contributed by atoms with van der Waals surface area (Å²) in [6, 6.07) is 8.16. The molecule has 20 heavy (non-hydrogen) atoms. The van der Waals surface area contributed by atoms with Crippen LogP contribution in [-0.4, -0.2) is 33.0 Å². The lowest BCUT2D eigenvalue weighted by Gasteiger charge is -2.08. The number of hydrogen-bond acceptors (Lipinski definition) is 4. The van der Waals surface area contributed by atoms with E-state index in [0.29, 0.717) is 12.3 Å². The highest BCUT2D eigenvalue weighted by Crippen LogP contribution is 2.21. The van der Waals surface area contributed by atoms with Gasteiger partial charge in [-0.3, -0.25) is 9.36 Å². The minimum absolute atomic E-state index is 0.00797. The van der Waals surface area contributed by atoms with Crippen LogP contribution < -0.4 is 5.32 Å². The maximum atomic E-state index is 11.5. The molecule has 0 aliphatic carbocycles. The maximum absolute atomic E-state index is 11.5. The van der Waals surface area contributed by atoms with Crippen molar-refractivity contribution in [3.8, 4) is 5.69 Å². The van der Waals surface area contributed by atoms with E-state index < -0.39 is 0 Å². The molecule has 0 spiro atoms. The van der Waals surface area contributed by atoms with E-state index >= 15 is 0 Å². The summed E-state index contributed by atoms with van der Waals surface area (Å²) in [5.74, 6) is 1.17. The van der Waals surface area contributed by atoms with Crippen LogP contribution in [0.4, 0.5) is 0 Å². The predicted octanol–water partition coefficient (Wildman–Crippen LogP) is 2.11. The number of rotatable bonds is 5. The van der Waals surface area contributed by atoms with Crippen molar-refractivity contribution in [1.29, 1.82) is 0 Å². The molecular formula is C14H18N4OS. The smallest absolute Gasteiger partial charge is 0.230 e. The summed E-state index contributed by atoms with van der Waals surface area (Å²) in [5.41, 5.74) is 2.22. The fourth-order valence-corrected chi connectivity index (χ4v) is 2.63. The molecule has 2 aromatic rings. The van der Waals surface area contributed by atoms with Crippen molar-refractivity contribution >= 4 is 17.7 Å². The minimum atomic E-state index is 0.00797. The third-order valence-corrected chi connectivity index (χ3v) is 3.72. The van der Waals surface area contributed by atoms with Crippen LogP contribution in [0.2, 0.25) is 0 Å². The summed E-state index contributed by atoms with van der Waals surface area (Å²) in [4.78, 5) is 11.5. The zero-order valence-corrected chi connectivity index (χ0v) is 12.7. The van der Waals surface area contributed by atoms with E-state index in [-0.39, 0.29) is 5.91 Å². The molecule has 0 saturated carbocycles. The summed E-state index contributed by atoms with van der Waals surface area (Å²) in [6.45, 7) is 6.50. The predicted molar refractivity (Wildman–Crippen MR) is 80.2 cm³/mol. The molecule has 106 valence electrons. The van der Waals surface area contributed by atoms with Crippen molar-refractivity contribution in [2.75, 3.05) is 12.3 Å². The van der Waals surface area contributed by atoms with Crippen LogP contribution in [0.5, 0.6) is 0 Å². The van der Waals surface area contributed by atoms with E-state index in [0.717, 1.165) is 16.7 Å². The Balaban J connectivity index is 2.19. The first kappa shape index (κ1) is 14.6. The zero-order chi connectivity index (χ0) is 14.5. The van der Waals surface area contributed by atoms with E-state index in [1.165, 1.54) is 17.3 Å². The summed E-state index contributed by atoms with van der Waals surface area (Å²) in [6.07, 6.45) is 0. The number of carbonyl (C=O) groups excluding carboxylic acids is 1. The number of aryl methyl sites for hydroxylation is 2. The van der Waals surface area contributed by atoms with Gasteiger partial charge in [-0.1, -0.05) is 29.5 Å². The van der Waals surface area contributed by atoms with Crippen LogP contribution in [0.15, 0.2) is 29.4 Å². The second-order valence-corrected chi connectivity index (χ2v) is 5.39. The zero-order valence-electron chi connectivity index (χ0n) is 11.9. The van der Waals surface area contributed by atoms with E-state index in [9.17, 15) is 4.79 Å². The minimum Gasteiger partial charge on any atom is -0.356 e. The Labute approximate surface area is 122 Å². The van der Waals surface area contributed by atoms with Crippen LogP contribution in [0.3, 0.4) is 0 Å². The van der Waals surface area contributed by atoms with Crippen molar-refractivity contribution < 1.29 is 4.79 Å². The number of thioether (sulfide) groups is 1. The third-order valence-electron chi connectivity index (χ3n) is 2.79. The molecule has 1 amide bonds. The van der Waals surface area contributed by atoms with Crippen LogP contribution in [-0.2, 0) is 4.79 Å². The molecule has 1 aromatic heterocycles. The van der Waals surface area contributed by atoms with E-state index in [1.807, 2.05) is 49.6 Å². The maximum Gasteiger partial charge on any atom is 0.230 e. The molecule has 2 rings (SSSR count). The van der Waals surface area contributed by atoms with Gasteiger partial charge in [-0.05, 0) is 32.9 Å². The van der Waals surface area contributed by atoms with Gasteiger partial charge < -0.3 is 5.32 Å². The van der Waals surface area contributed by atoms with Crippen molar-refractivity contribution in [2.45, 2.75) is 25.9 Å². The highest BCUT2D eigenvalue weighted by atomic mass is 32.2. The standard InChI is InChI=1S/C14H18N4OS/c1-4-15-13(19)9-20-14-17-16-11(3)18(14)12-7-5-10(2)6-8-12/h5-8H,4,9H2,1-3H3,(H,15,19). The Bertz CT molecular complexity index is 592. The average molecular weight is 290 g/mol. The fraction of sp³-hybridized carbons (Fsp3) is 0.357. The Kier molecular flexibility index (Phi) is 4.79. The van der Waals surface area contributed by atoms with Gasteiger partial charge in [-0.25, -0.2) is 0 Å². The number of carbonyl (C=O) groups is 1. The molecule has 1 aromatic carbocycles. The molecule has 0 saturated heterocycles. The average Bonchev–Trinajstić information content (AvgIpc) is 2.79. The Morgan fingerprint density at radius 3 is 2.60 bits per heavy atom. The molecule has 0 atom stereocenters. The second-order valence-electron chi connectivity index (χ2n) is 4.44. The van der Waals surface area contributed by atoms with E-state index in [1.54, 1.807) is 0 Å². The van der Waals surface area contributed by atoms with Gasteiger partial charge in [0.1, 0.15) is 5.82 Å². The number of amides is 1. The lowest BCUT2D eigenvalue weighted by atomic mass is 10.2. The molecule has 0 aliphatic rings. The normalized spacial score (nSPS) is 10.6. The van der Waals surface area contributed by atoms with Crippen molar-refractivity contribution in [3.05, 3.63) is 35.7 Å². The molecule has 0 fully saturated rings. The summed E-state index contributed by atoms with van der Waals surface area (Å²) >= 11 is 1.39. The summed E-state index contributed by atoms with van der Waals surface area (Å²) in [7, 11) is 0. The van der Waals surface area contributed by atoms with Crippen LogP contribution in [0, 0.1) is 13.8 Å². The van der Waals surface area contributed by atoms with Crippen molar-refractivity contribution in [1.82, 2.24) is 20.1 Å². The van der Waals surface area contributed by atoms with Crippen molar-refractivity contribution in [3.63, 3.8) is 0 Å². The highest BCUT2D eigenvalue weighted by molar-refractivity contribution is 7.99. The van der Waals surface area contributed by atoms with E-state index in [4.69, 9.17) is 0 Å². The lowest BCUT2D eigenvalue weighted by molar-refractivity contribution is -0.118. The SMILES string of the molecule is CCNC(=O)CSc1nnc(C)n1-c1ccc(C)cc1. The van der Waals surface area contributed by atoms with Crippen LogP contribution in [0.25, 0.3) is 5.69 Å². The molecule has 0 bridgehead atoms. The monoisotopic (exact) mass is 290 g/mol. The Hall–Kier alpha value is -1.82. The topological polar surface area (TPSA) is 59.8 Å². The molecule has 5 nitrogen and oxygen atoms in total. The largest absolute Gasteiger partial charge is 0.356 e. The molecule has 1 N–H and O–H groups in total. The van der Waals surface area contributed by atoms with Gasteiger partial charge in [0.2, 0.25) is 5.91 Å². The molecular weight excluding hydrogens is 272 g/mol. The quantitative estimate of drug-likeness (QED) is 0.857. The molecule has 6 heteroatoms. The first-order chi connectivity index (χ1) is 9.61. The van der Waals surface area contributed by atoms with Crippen LogP contribution in [0.1, 0.15) is 18.3 Å². The van der Waals surface area contributed by atoms with Gasteiger partial charge in [-0.2, -0.15) is 0 Å². The van der Waals surface area contributed by atoms with Gasteiger partial charge in [0.25, 0.3) is 0 Å². The molecule has 0 radical (unpaired) electrons. The van der Waals surface area contributed by atoms with Crippen molar-refractivity contribution in [2.24, 2.45) is 0 Å². The summed E-state index contributed by atoms with van der Waals surface area (Å²) in [5, 5.41) is 11.7. The van der Waals surface area contributed by atoms with Gasteiger partial charge in [0.15, 0.2) is 5.16 Å². The highest BCUT2D eigenvalue weighted by Gasteiger charge is 2.12. The summed E-state index contributed by atoms with van der Waals surface area (Å²) < 4.78 is 1.96. The first-order valence-electron chi connectivity index (χ1n) is 6.50. The van der Waals surface area contributed by atoms with Crippen LogP contribution >= 0.6 is 11.8 Å². The van der Waals surface area contributed by atoms with Gasteiger partial charge >= 0.3 is 0 Å². The fourth-order valence-electron chi connectivity index (χ4n) is 1.81. The lowest BCUT2D eigenvalue weighted by Crippen LogP contribution is -2.24. The number of nitrogens with one attached hydrogen (secondary N) is 1. The number of aromatic nitrogens is 3. The third kappa shape index (κ3) is 3.39. The molecule has 0 aliphatic heterocycles.